The minimum atomic E-state index is -1.81. The maximum Gasteiger partial charge on any atom is 0.268 e. The van der Waals surface area contributed by atoms with Crippen molar-refractivity contribution < 1.29 is 14.7 Å². The Hall–Kier alpha value is -3.44. The van der Waals surface area contributed by atoms with Gasteiger partial charge in [0.25, 0.3) is 5.91 Å². The molecule has 152 valence electrons. The predicted molar refractivity (Wildman–Crippen MR) is 118 cm³/mol. The molecule has 5 nitrogen and oxygen atoms in total. The first-order valence-electron chi connectivity index (χ1n) is 9.86. The maximum atomic E-state index is 13.4. The van der Waals surface area contributed by atoms with Gasteiger partial charge in [0.1, 0.15) is 6.54 Å². The minimum absolute atomic E-state index is 0.158. The first kappa shape index (κ1) is 19.9. The van der Waals surface area contributed by atoms with Crippen LogP contribution in [0, 0.1) is 13.8 Å². The largest absolute Gasteiger partial charge is 0.372 e. The van der Waals surface area contributed by atoms with E-state index in [-0.39, 0.29) is 12.5 Å². The highest BCUT2D eigenvalue weighted by atomic mass is 16.3. The van der Waals surface area contributed by atoms with Gasteiger partial charge in [-0.2, -0.15) is 0 Å². The van der Waals surface area contributed by atoms with Gasteiger partial charge < -0.3 is 10.0 Å². The summed E-state index contributed by atoms with van der Waals surface area (Å²) >= 11 is 0. The second kappa shape index (κ2) is 7.43. The van der Waals surface area contributed by atoms with Crippen LogP contribution in [0.5, 0.6) is 0 Å². The number of benzene rings is 3. The van der Waals surface area contributed by atoms with Gasteiger partial charge in [-0.1, -0.05) is 60.2 Å². The zero-order valence-corrected chi connectivity index (χ0v) is 17.3. The quantitative estimate of drug-likeness (QED) is 0.729. The molecule has 3 aromatic carbocycles. The van der Waals surface area contributed by atoms with Gasteiger partial charge in [-0.05, 0) is 43.2 Å². The Bertz CT molecular complexity index is 1120. The molecule has 0 unspecified atom stereocenters. The van der Waals surface area contributed by atoms with Crippen LogP contribution >= 0.6 is 0 Å². The second-order valence-corrected chi connectivity index (χ2v) is 7.78. The molecule has 1 atom stereocenters. The van der Waals surface area contributed by atoms with Crippen molar-refractivity contribution in [2.75, 3.05) is 23.4 Å². The number of para-hydroxylation sites is 1. The summed E-state index contributed by atoms with van der Waals surface area (Å²) in [5, 5.41) is 11.5. The van der Waals surface area contributed by atoms with Gasteiger partial charge in [-0.15, -0.1) is 0 Å². The molecule has 4 rings (SSSR count). The van der Waals surface area contributed by atoms with E-state index in [0.717, 1.165) is 16.8 Å². The van der Waals surface area contributed by atoms with E-state index in [1.54, 1.807) is 43.4 Å². The van der Waals surface area contributed by atoms with E-state index >= 15 is 0 Å². The predicted octanol–water partition coefficient (Wildman–Crippen LogP) is 3.55. The molecule has 0 bridgehead atoms. The summed E-state index contributed by atoms with van der Waals surface area (Å²) < 4.78 is 0. The summed E-state index contributed by atoms with van der Waals surface area (Å²) in [5.41, 5.74) is 2.56. The van der Waals surface area contributed by atoms with E-state index in [4.69, 9.17) is 0 Å². The number of likely N-dealkylation sites (N-methyl/N-ethyl adjacent to an activating group) is 1. The normalized spacial score (nSPS) is 17.7. The molecule has 0 spiro atoms. The number of aliphatic hydroxyl groups is 1. The number of fused-ring (bicyclic) bond motifs is 1. The Kier molecular flexibility index (Phi) is 4.92. The summed E-state index contributed by atoms with van der Waals surface area (Å²) in [5.74, 6) is -0.754. The summed E-state index contributed by atoms with van der Waals surface area (Å²) in [6.07, 6.45) is 0. The van der Waals surface area contributed by atoms with Gasteiger partial charge >= 0.3 is 0 Å². The van der Waals surface area contributed by atoms with Crippen molar-refractivity contribution in [3.8, 4) is 0 Å². The Balaban J connectivity index is 1.69. The molecule has 0 aliphatic carbocycles. The fraction of sp³-hybridized carbons (Fsp3) is 0.200. The van der Waals surface area contributed by atoms with Crippen molar-refractivity contribution in [2.24, 2.45) is 0 Å². The molecule has 1 heterocycles. The fourth-order valence-electron chi connectivity index (χ4n) is 3.89. The van der Waals surface area contributed by atoms with E-state index in [9.17, 15) is 14.7 Å². The van der Waals surface area contributed by atoms with Crippen LogP contribution in [-0.2, 0) is 15.2 Å². The highest BCUT2D eigenvalue weighted by Gasteiger charge is 2.51. The Morgan fingerprint density at radius 1 is 0.967 bits per heavy atom. The molecule has 0 saturated heterocycles. The fourth-order valence-corrected chi connectivity index (χ4v) is 3.89. The highest BCUT2D eigenvalue weighted by Crippen LogP contribution is 2.44. The Morgan fingerprint density at radius 2 is 1.67 bits per heavy atom. The summed E-state index contributed by atoms with van der Waals surface area (Å²) in [6.45, 7) is 3.75. The summed E-state index contributed by atoms with van der Waals surface area (Å²) in [4.78, 5) is 29.3. The lowest BCUT2D eigenvalue weighted by atomic mass is 9.87. The molecule has 0 fully saturated rings. The van der Waals surface area contributed by atoms with Gasteiger partial charge in [-0.3, -0.25) is 14.5 Å². The first-order valence-corrected chi connectivity index (χ1v) is 9.86. The highest BCUT2D eigenvalue weighted by molar-refractivity contribution is 6.12. The number of nitrogens with zero attached hydrogens (tertiary/aromatic N) is 2. The average molecular weight is 400 g/mol. The number of hydrogen-bond donors (Lipinski definition) is 1. The molecule has 3 aromatic rings. The second-order valence-electron chi connectivity index (χ2n) is 7.78. The molecule has 0 saturated carbocycles. The number of carbonyl (C=O) groups excluding carboxylic acids is 2. The van der Waals surface area contributed by atoms with Crippen LogP contribution in [0.4, 0.5) is 11.4 Å². The van der Waals surface area contributed by atoms with E-state index in [1.807, 2.05) is 50.2 Å². The topological polar surface area (TPSA) is 60.9 Å². The lowest BCUT2D eigenvalue weighted by Gasteiger charge is -2.25. The molecular formula is C25H24N2O3. The molecule has 1 aliphatic rings. The average Bonchev–Trinajstić information content (AvgIpc) is 2.96. The van der Waals surface area contributed by atoms with Crippen LogP contribution < -0.4 is 9.80 Å². The third-order valence-electron chi connectivity index (χ3n) is 5.67. The van der Waals surface area contributed by atoms with Crippen molar-refractivity contribution >= 4 is 23.2 Å². The number of anilines is 2. The zero-order valence-electron chi connectivity index (χ0n) is 17.3. The monoisotopic (exact) mass is 400 g/mol. The molecule has 5 heteroatoms. The van der Waals surface area contributed by atoms with Crippen molar-refractivity contribution in [2.45, 2.75) is 19.4 Å². The standard InChI is InChI=1S/C25H24N2O3/c1-17-11-13-19(14-12-17)25(30)21-9-4-5-10-22(21)27(24(25)29)16-23(28)26(3)20-8-6-7-18(2)15-20/h4-15,30H,16H2,1-3H3/t25-/m1/s1. The molecule has 1 aliphatic heterocycles. The van der Waals surface area contributed by atoms with Crippen LogP contribution in [0.15, 0.2) is 72.8 Å². The van der Waals surface area contributed by atoms with Crippen molar-refractivity contribution in [1.29, 1.82) is 0 Å². The molecule has 0 radical (unpaired) electrons. The van der Waals surface area contributed by atoms with Crippen LogP contribution in [0.3, 0.4) is 0 Å². The third-order valence-corrected chi connectivity index (χ3v) is 5.67. The molecule has 2 amide bonds. The van der Waals surface area contributed by atoms with Gasteiger partial charge in [0.15, 0.2) is 5.60 Å². The van der Waals surface area contributed by atoms with Crippen LogP contribution in [-0.4, -0.2) is 30.5 Å². The molecule has 1 N–H and O–H groups in total. The van der Waals surface area contributed by atoms with Gasteiger partial charge in [-0.25, -0.2) is 0 Å². The SMILES string of the molecule is Cc1ccc([C@]2(O)C(=O)N(CC(=O)N(C)c3cccc(C)c3)c3ccccc32)cc1. The van der Waals surface area contributed by atoms with Crippen molar-refractivity contribution in [3.63, 3.8) is 0 Å². The van der Waals surface area contributed by atoms with Gasteiger partial charge in [0, 0.05) is 18.3 Å². The summed E-state index contributed by atoms with van der Waals surface area (Å²) in [6, 6.07) is 22.0. The smallest absolute Gasteiger partial charge is 0.268 e. The van der Waals surface area contributed by atoms with E-state index in [1.165, 1.54) is 9.80 Å². The number of rotatable bonds is 4. The van der Waals surface area contributed by atoms with E-state index < -0.39 is 11.5 Å². The van der Waals surface area contributed by atoms with Crippen LogP contribution in [0.2, 0.25) is 0 Å². The number of aryl methyl sites for hydroxylation is 2. The first-order chi connectivity index (χ1) is 14.3. The lowest BCUT2D eigenvalue weighted by Crippen LogP contribution is -2.45. The number of carbonyl (C=O) groups is 2. The molecule has 30 heavy (non-hydrogen) atoms. The lowest BCUT2D eigenvalue weighted by molar-refractivity contribution is -0.133. The molecule has 0 aromatic heterocycles. The molecular weight excluding hydrogens is 376 g/mol. The number of amides is 2. The zero-order chi connectivity index (χ0) is 21.5. The van der Waals surface area contributed by atoms with Crippen LogP contribution in [0.25, 0.3) is 0 Å². The van der Waals surface area contributed by atoms with Crippen molar-refractivity contribution in [1.82, 2.24) is 0 Å². The summed E-state index contributed by atoms with van der Waals surface area (Å²) in [7, 11) is 1.69. The van der Waals surface area contributed by atoms with Crippen molar-refractivity contribution in [3.05, 3.63) is 95.1 Å². The number of hydrogen-bond acceptors (Lipinski definition) is 3. The minimum Gasteiger partial charge on any atom is -0.372 e. The van der Waals surface area contributed by atoms with E-state index in [0.29, 0.717) is 16.8 Å². The Labute approximate surface area is 176 Å². The maximum absolute atomic E-state index is 13.4. The Morgan fingerprint density at radius 3 is 2.37 bits per heavy atom. The van der Waals surface area contributed by atoms with E-state index in [2.05, 4.69) is 0 Å². The third kappa shape index (κ3) is 3.17. The van der Waals surface area contributed by atoms with Gasteiger partial charge in [0.2, 0.25) is 5.91 Å². The van der Waals surface area contributed by atoms with Crippen LogP contribution in [0.1, 0.15) is 22.3 Å². The van der Waals surface area contributed by atoms with Gasteiger partial charge in [0.05, 0.1) is 5.69 Å².